The summed E-state index contributed by atoms with van der Waals surface area (Å²) >= 11 is 0. The minimum absolute atomic E-state index is 0.207. The van der Waals surface area contributed by atoms with Gasteiger partial charge in [-0.1, -0.05) is 54.6 Å². The van der Waals surface area contributed by atoms with Crippen molar-refractivity contribution in [2.24, 2.45) is 0 Å². The summed E-state index contributed by atoms with van der Waals surface area (Å²) < 4.78 is 111. The van der Waals surface area contributed by atoms with E-state index >= 15 is 0 Å². The Hall–Kier alpha value is -2.54. The SMILES string of the molecule is O=S(=O)(CC(O)(C(F)(F)F)C(F)(F)F)OS(c1ccccc1)(c1ccccc1)c1ccccc1. The van der Waals surface area contributed by atoms with Gasteiger partial charge in [0, 0.05) is 14.7 Å². The zero-order chi connectivity index (χ0) is 25.3. The predicted molar refractivity (Wildman–Crippen MR) is 114 cm³/mol. The summed E-state index contributed by atoms with van der Waals surface area (Å²) in [6.07, 6.45) is -12.7. The van der Waals surface area contributed by atoms with Crippen LogP contribution in [-0.2, 0) is 13.7 Å². The Balaban J connectivity index is 2.26. The molecule has 0 unspecified atom stereocenters. The first-order valence-corrected chi connectivity index (χ1v) is 12.6. The second-order valence-corrected chi connectivity index (χ2v) is 11.6. The van der Waals surface area contributed by atoms with Crippen LogP contribution in [0, 0.1) is 0 Å². The fourth-order valence-corrected chi connectivity index (χ4v) is 8.78. The smallest absolute Gasteiger partial charge is 0.373 e. The van der Waals surface area contributed by atoms with E-state index in [0.717, 1.165) is 0 Å². The van der Waals surface area contributed by atoms with E-state index in [1.165, 1.54) is 72.8 Å². The topological polar surface area (TPSA) is 63.6 Å². The van der Waals surface area contributed by atoms with E-state index in [0.29, 0.717) is 0 Å². The first-order valence-electron chi connectivity index (χ1n) is 9.51. The van der Waals surface area contributed by atoms with Crippen LogP contribution in [0.3, 0.4) is 0 Å². The lowest BCUT2D eigenvalue weighted by atomic mass is 10.1. The molecule has 3 aromatic rings. The zero-order valence-electron chi connectivity index (χ0n) is 17.1. The number of halogens is 6. The molecule has 184 valence electrons. The zero-order valence-corrected chi connectivity index (χ0v) is 18.8. The summed E-state index contributed by atoms with van der Waals surface area (Å²) in [5, 5.41) is 9.53. The fourth-order valence-electron chi connectivity index (χ4n) is 3.12. The second-order valence-electron chi connectivity index (χ2n) is 7.12. The highest BCUT2D eigenvalue weighted by molar-refractivity contribution is 8.33. The van der Waals surface area contributed by atoms with Gasteiger partial charge in [-0.05, 0) is 46.7 Å². The van der Waals surface area contributed by atoms with Gasteiger partial charge in [0.05, 0.1) is 0 Å². The molecule has 0 aliphatic carbocycles. The Kier molecular flexibility index (Phi) is 7.09. The fraction of sp³-hybridized carbons (Fsp3) is 0.182. The van der Waals surface area contributed by atoms with Crippen molar-refractivity contribution in [2.75, 3.05) is 5.75 Å². The van der Waals surface area contributed by atoms with Crippen molar-refractivity contribution in [3.63, 3.8) is 0 Å². The largest absolute Gasteiger partial charge is 0.427 e. The molecule has 0 fully saturated rings. The first kappa shape index (κ1) is 26.1. The minimum Gasteiger partial charge on any atom is -0.373 e. The van der Waals surface area contributed by atoms with Gasteiger partial charge in [-0.15, -0.1) is 0 Å². The summed E-state index contributed by atoms with van der Waals surface area (Å²) in [5.41, 5.74) is -5.53. The van der Waals surface area contributed by atoms with Crippen LogP contribution in [-0.4, -0.2) is 37.2 Å². The van der Waals surface area contributed by atoms with Crippen LogP contribution in [0.2, 0.25) is 0 Å². The lowest BCUT2D eigenvalue weighted by Crippen LogP contribution is -2.61. The number of alkyl halides is 6. The Labute approximate surface area is 193 Å². The number of hydrogen-bond acceptors (Lipinski definition) is 4. The van der Waals surface area contributed by atoms with E-state index in [4.69, 9.17) is 3.63 Å². The average molecular weight is 525 g/mol. The lowest BCUT2D eigenvalue weighted by molar-refractivity contribution is -0.359. The molecule has 0 amide bonds. The molecule has 1 N–H and O–H groups in total. The van der Waals surface area contributed by atoms with Crippen molar-refractivity contribution in [3.8, 4) is 0 Å². The molecule has 3 rings (SSSR count). The number of benzene rings is 3. The molecule has 0 spiro atoms. The molecule has 12 heteroatoms. The van der Waals surface area contributed by atoms with Crippen LogP contribution >= 0.6 is 10.3 Å². The molecule has 34 heavy (non-hydrogen) atoms. The Morgan fingerprint density at radius 1 is 0.618 bits per heavy atom. The third-order valence-corrected chi connectivity index (χ3v) is 9.98. The summed E-state index contributed by atoms with van der Waals surface area (Å²) in [7, 11) is -9.05. The summed E-state index contributed by atoms with van der Waals surface area (Å²) in [4.78, 5) is 0.621. The molecule has 0 heterocycles. The monoisotopic (exact) mass is 524 g/mol. The normalized spacial score (nSPS) is 14.1. The van der Waals surface area contributed by atoms with Gasteiger partial charge < -0.3 is 5.11 Å². The van der Waals surface area contributed by atoms with Gasteiger partial charge in [0.2, 0.25) is 0 Å². The molecule has 0 saturated carbocycles. The van der Waals surface area contributed by atoms with Crippen molar-refractivity contribution < 1.29 is 43.5 Å². The van der Waals surface area contributed by atoms with E-state index < -0.39 is 44.1 Å². The maximum absolute atomic E-state index is 13.2. The van der Waals surface area contributed by atoms with E-state index in [1.807, 2.05) is 0 Å². The average Bonchev–Trinajstić information content (AvgIpc) is 2.77. The third-order valence-electron chi connectivity index (χ3n) is 4.75. The van der Waals surface area contributed by atoms with Crippen molar-refractivity contribution in [1.82, 2.24) is 0 Å². The number of rotatable bonds is 7. The molecule has 0 aromatic heterocycles. The quantitative estimate of drug-likeness (QED) is 0.380. The van der Waals surface area contributed by atoms with Crippen molar-refractivity contribution in [3.05, 3.63) is 91.0 Å². The van der Waals surface area contributed by atoms with Crippen molar-refractivity contribution in [2.45, 2.75) is 32.6 Å². The van der Waals surface area contributed by atoms with Gasteiger partial charge in [0.1, 0.15) is 5.75 Å². The van der Waals surface area contributed by atoms with Crippen LogP contribution in [0.15, 0.2) is 106 Å². The molecular formula is C22H18F6O4S2. The van der Waals surface area contributed by atoms with Gasteiger partial charge in [0.15, 0.2) is 0 Å². The number of hydrogen-bond donors (Lipinski definition) is 1. The maximum Gasteiger partial charge on any atom is 0.427 e. The van der Waals surface area contributed by atoms with E-state index in [2.05, 4.69) is 0 Å². The molecule has 3 aromatic carbocycles. The number of aliphatic hydroxyl groups is 1. The van der Waals surface area contributed by atoms with Crippen molar-refractivity contribution in [1.29, 1.82) is 0 Å². The van der Waals surface area contributed by atoms with Crippen molar-refractivity contribution >= 4 is 20.4 Å². The molecule has 0 atom stereocenters. The van der Waals surface area contributed by atoms with E-state index in [-0.39, 0.29) is 14.7 Å². The molecule has 0 aliphatic heterocycles. The van der Waals surface area contributed by atoms with E-state index in [1.54, 1.807) is 18.2 Å². The molecule has 0 radical (unpaired) electrons. The van der Waals surface area contributed by atoms with Gasteiger partial charge in [-0.2, -0.15) is 34.8 Å². The minimum atomic E-state index is -6.33. The van der Waals surface area contributed by atoms with Crippen LogP contribution in [0.25, 0.3) is 0 Å². The lowest BCUT2D eigenvalue weighted by Gasteiger charge is -2.40. The van der Waals surface area contributed by atoms with Crippen LogP contribution in [0.4, 0.5) is 26.3 Å². The Bertz CT molecular complexity index is 1090. The molecular weight excluding hydrogens is 506 g/mol. The molecule has 4 nitrogen and oxygen atoms in total. The maximum atomic E-state index is 13.2. The first-order chi connectivity index (χ1) is 15.7. The van der Waals surface area contributed by atoms with Gasteiger partial charge in [-0.25, -0.2) is 3.63 Å². The highest BCUT2D eigenvalue weighted by atomic mass is 32.3. The van der Waals surface area contributed by atoms with Crippen LogP contribution < -0.4 is 0 Å². The third kappa shape index (κ3) is 4.95. The molecule has 0 aliphatic rings. The second kappa shape index (κ2) is 9.25. The summed E-state index contributed by atoms with van der Waals surface area (Å²) in [6, 6.07) is 22.8. The van der Waals surface area contributed by atoms with E-state index in [9.17, 15) is 39.9 Å². The Morgan fingerprint density at radius 3 is 1.18 bits per heavy atom. The molecule has 0 bridgehead atoms. The van der Waals surface area contributed by atoms with Gasteiger partial charge in [0.25, 0.3) is 15.7 Å². The predicted octanol–water partition coefficient (Wildman–Crippen LogP) is 6.09. The van der Waals surface area contributed by atoms with Crippen LogP contribution in [0.1, 0.15) is 0 Å². The van der Waals surface area contributed by atoms with Crippen LogP contribution in [0.5, 0.6) is 0 Å². The molecule has 0 saturated heterocycles. The summed E-state index contributed by atoms with van der Waals surface area (Å²) in [6.45, 7) is 0. The van der Waals surface area contributed by atoms with Gasteiger partial charge >= 0.3 is 12.4 Å². The summed E-state index contributed by atoms with van der Waals surface area (Å²) in [5.74, 6) is -2.77. The standard InChI is InChI=1S/C22H18F6O4S2/c23-21(24,25)20(29,22(26,27)28)16-33(30,31)32-34(17-10-4-1-5-11-17,18-12-6-2-7-13-18)19-14-8-3-9-15-19/h1-15,29H,16H2. The highest BCUT2D eigenvalue weighted by Gasteiger charge is 2.72. The van der Waals surface area contributed by atoms with Gasteiger partial charge in [-0.3, -0.25) is 0 Å². The highest BCUT2D eigenvalue weighted by Crippen LogP contribution is 2.70. The Morgan fingerprint density at radius 2 is 0.912 bits per heavy atom.